The van der Waals surface area contributed by atoms with Gasteiger partial charge in [-0.3, -0.25) is 0 Å². The number of carbonyl (C=O) groups is 1. The first-order chi connectivity index (χ1) is 7.58. The fourth-order valence-electron chi connectivity index (χ4n) is 2.48. The van der Waals surface area contributed by atoms with E-state index in [0.29, 0.717) is 6.61 Å². The predicted molar refractivity (Wildman–Crippen MR) is 69.7 cm³/mol. The van der Waals surface area contributed by atoms with Gasteiger partial charge in [-0.15, -0.1) is 12.4 Å². The summed E-state index contributed by atoms with van der Waals surface area (Å²) in [7, 11) is 0. The predicted octanol–water partition coefficient (Wildman–Crippen LogP) is 3.20. The molecule has 1 fully saturated rings. The van der Waals surface area contributed by atoms with Crippen molar-refractivity contribution in [3.8, 4) is 0 Å². The maximum Gasteiger partial charge on any atom is 0.407 e. The summed E-state index contributed by atoms with van der Waals surface area (Å²) in [5, 5.41) is 2.87. The molecule has 0 unspecified atom stereocenters. The molecule has 1 aromatic carbocycles. The zero-order valence-electron chi connectivity index (χ0n) is 10.4. The smallest absolute Gasteiger partial charge is 0.407 e. The summed E-state index contributed by atoms with van der Waals surface area (Å²) in [5.74, 6) is 0. The average molecular weight is 256 g/mol. The molecule has 1 atom stereocenters. The SMILES string of the molecule is Cc1cc(C)c([C@H]2CCOC(=O)N2)c(C)c1.Cl. The standard InChI is InChI=1S/C13H17NO2.ClH/c1-8-6-9(2)12(10(3)7-8)11-4-5-16-13(15)14-11;/h6-7,11H,4-5H2,1-3H3,(H,14,15);1H/t11-;/m1./s1. The van der Waals surface area contributed by atoms with Crippen molar-refractivity contribution >= 4 is 18.5 Å². The largest absolute Gasteiger partial charge is 0.449 e. The Hall–Kier alpha value is -1.22. The van der Waals surface area contributed by atoms with Crippen LogP contribution in [0, 0.1) is 20.8 Å². The summed E-state index contributed by atoms with van der Waals surface area (Å²) in [5.41, 5.74) is 4.98. The van der Waals surface area contributed by atoms with Crippen LogP contribution >= 0.6 is 12.4 Å². The van der Waals surface area contributed by atoms with Crippen molar-refractivity contribution in [1.82, 2.24) is 5.32 Å². The topological polar surface area (TPSA) is 38.3 Å². The van der Waals surface area contributed by atoms with E-state index in [1.807, 2.05) is 0 Å². The highest BCUT2D eigenvalue weighted by molar-refractivity contribution is 5.85. The first-order valence-electron chi connectivity index (χ1n) is 5.59. The van der Waals surface area contributed by atoms with Crippen molar-refractivity contribution in [2.75, 3.05) is 6.61 Å². The molecule has 17 heavy (non-hydrogen) atoms. The van der Waals surface area contributed by atoms with Crippen LogP contribution in [-0.2, 0) is 4.74 Å². The maximum atomic E-state index is 11.2. The van der Waals surface area contributed by atoms with Gasteiger partial charge >= 0.3 is 6.09 Å². The molecular formula is C13H18ClNO2. The molecule has 4 heteroatoms. The zero-order valence-corrected chi connectivity index (χ0v) is 11.2. The van der Waals surface area contributed by atoms with Crippen molar-refractivity contribution in [2.45, 2.75) is 33.2 Å². The number of aryl methyl sites for hydroxylation is 3. The Morgan fingerprint density at radius 1 is 1.24 bits per heavy atom. The molecule has 3 nitrogen and oxygen atoms in total. The molecule has 1 saturated heterocycles. The van der Waals surface area contributed by atoms with E-state index in [1.165, 1.54) is 22.3 Å². The average Bonchev–Trinajstić information content (AvgIpc) is 2.15. The Bertz CT molecular complexity index is 408. The Kier molecular flexibility index (Phi) is 4.40. The molecule has 94 valence electrons. The number of ether oxygens (including phenoxy) is 1. The lowest BCUT2D eigenvalue weighted by molar-refractivity contribution is 0.115. The zero-order chi connectivity index (χ0) is 11.7. The van der Waals surface area contributed by atoms with E-state index in [2.05, 4.69) is 38.2 Å². The van der Waals surface area contributed by atoms with E-state index in [1.54, 1.807) is 0 Å². The lowest BCUT2D eigenvalue weighted by Gasteiger charge is -2.26. The number of carbonyl (C=O) groups excluding carboxylic acids is 1. The van der Waals surface area contributed by atoms with Gasteiger partial charge in [-0.1, -0.05) is 17.7 Å². The van der Waals surface area contributed by atoms with Gasteiger partial charge < -0.3 is 10.1 Å². The van der Waals surface area contributed by atoms with Gasteiger partial charge in [-0.05, 0) is 37.5 Å². The van der Waals surface area contributed by atoms with E-state index in [-0.39, 0.29) is 24.5 Å². The van der Waals surface area contributed by atoms with Crippen LogP contribution in [0.25, 0.3) is 0 Å². The van der Waals surface area contributed by atoms with Crippen LogP contribution in [0.4, 0.5) is 4.79 Å². The van der Waals surface area contributed by atoms with E-state index in [0.717, 1.165) is 6.42 Å². The Morgan fingerprint density at radius 2 is 1.82 bits per heavy atom. The summed E-state index contributed by atoms with van der Waals surface area (Å²) in [6, 6.07) is 4.41. The minimum absolute atomic E-state index is 0. The highest BCUT2D eigenvalue weighted by Gasteiger charge is 2.23. The highest BCUT2D eigenvalue weighted by atomic mass is 35.5. The third kappa shape index (κ3) is 2.91. The second-order valence-corrected chi connectivity index (χ2v) is 4.43. The molecule has 1 aliphatic rings. The van der Waals surface area contributed by atoms with Gasteiger partial charge in [-0.2, -0.15) is 0 Å². The maximum absolute atomic E-state index is 11.2. The highest BCUT2D eigenvalue weighted by Crippen LogP contribution is 2.27. The number of nitrogens with one attached hydrogen (secondary N) is 1. The molecule has 0 aromatic heterocycles. The fraction of sp³-hybridized carbons (Fsp3) is 0.462. The quantitative estimate of drug-likeness (QED) is 0.837. The van der Waals surface area contributed by atoms with Crippen LogP contribution in [0.5, 0.6) is 0 Å². The molecule has 0 bridgehead atoms. The molecule has 0 radical (unpaired) electrons. The van der Waals surface area contributed by atoms with Crippen molar-refractivity contribution in [2.24, 2.45) is 0 Å². The second-order valence-electron chi connectivity index (χ2n) is 4.43. The molecule has 2 rings (SSSR count). The summed E-state index contributed by atoms with van der Waals surface area (Å²) in [4.78, 5) is 11.2. The van der Waals surface area contributed by atoms with Gasteiger partial charge in [0.1, 0.15) is 0 Å². The van der Waals surface area contributed by atoms with E-state index < -0.39 is 0 Å². The monoisotopic (exact) mass is 255 g/mol. The number of benzene rings is 1. The lowest BCUT2D eigenvalue weighted by Crippen LogP contribution is -2.36. The van der Waals surface area contributed by atoms with Crippen LogP contribution in [-0.4, -0.2) is 12.7 Å². The molecule has 0 saturated carbocycles. The summed E-state index contributed by atoms with van der Waals surface area (Å²) in [6.07, 6.45) is 0.534. The molecule has 1 aromatic rings. The number of amides is 1. The van der Waals surface area contributed by atoms with Gasteiger partial charge in [0.2, 0.25) is 0 Å². The fourth-order valence-corrected chi connectivity index (χ4v) is 2.48. The first kappa shape index (κ1) is 13.8. The van der Waals surface area contributed by atoms with E-state index in [4.69, 9.17) is 4.74 Å². The Morgan fingerprint density at radius 3 is 2.35 bits per heavy atom. The van der Waals surface area contributed by atoms with Gasteiger partial charge in [0.15, 0.2) is 0 Å². The van der Waals surface area contributed by atoms with Crippen LogP contribution in [0.3, 0.4) is 0 Å². The summed E-state index contributed by atoms with van der Waals surface area (Å²) in [6.45, 7) is 6.78. The number of cyclic esters (lactones) is 1. The number of hydrogen-bond donors (Lipinski definition) is 1. The van der Waals surface area contributed by atoms with Crippen molar-refractivity contribution in [3.63, 3.8) is 0 Å². The van der Waals surface area contributed by atoms with Crippen molar-refractivity contribution < 1.29 is 9.53 Å². The normalized spacial score (nSPS) is 19.0. The number of alkyl carbamates (subject to hydrolysis) is 1. The van der Waals surface area contributed by atoms with E-state index in [9.17, 15) is 4.79 Å². The lowest BCUT2D eigenvalue weighted by atomic mass is 9.92. The van der Waals surface area contributed by atoms with Gasteiger partial charge in [0.25, 0.3) is 0 Å². The molecule has 1 N–H and O–H groups in total. The summed E-state index contributed by atoms with van der Waals surface area (Å²) < 4.78 is 4.88. The number of halogens is 1. The van der Waals surface area contributed by atoms with Gasteiger partial charge in [0.05, 0.1) is 12.6 Å². The number of rotatable bonds is 1. The van der Waals surface area contributed by atoms with Crippen LogP contribution in [0.2, 0.25) is 0 Å². The van der Waals surface area contributed by atoms with Crippen LogP contribution in [0.1, 0.15) is 34.7 Å². The molecule has 1 heterocycles. The molecule has 0 spiro atoms. The third-order valence-corrected chi connectivity index (χ3v) is 3.02. The molecular weight excluding hydrogens is 238 g/mol. The van der Waals surface area contributed by atoms with Gasteiger partial charge in [-0.25, -0.2) is 4.79 Å². The molecule has 0 aliphatic carbocycles. The Balaban J connectivity index is 0.00000144. The van der Waals surface area contributed by atoms with Crippen molar-refractivity contribution in [3.05, 3.63) is 34.4 Å². The van der Waals surface area contributed by atoms with Crippen LogP contribution in [0.15, 0.2) is 12.1 Å². The first-order valence-corrected chi connectivity index (χ1v) is 5.59. The van der Waals surface area contributed by atoms with Crippen molar-refractivity contribution in [1.29, 1.82) is 0 Å². The molecule has 1 amide bonds. The van der Waals surface area contributed by atoms with E-state index >= 15 is 0 Å². The Labute approximate surface area is 108 Å². The molecule has 1 aliphatic heterocycles. The number of hydrogen-bond acceptors (Lipinski definition) is 2. The minimum atomic E-state index is -0.310. The second kappa shape index (κ2) is 5.41. The van der Waals surface area contributed by atoms with Gasteiger partial charge in [0, 0.05) is 6.42 Å². The van der Waals surface area contributed by atoms with Crippen LogP contribution < -0.4 is 5.32 Å². The summed E-state index contributed by atoms with van der Waals surface area (Å²) >= 11 is 0. The minimum Gasteiger partial charge on any atom is -0.449 e. The third-order valence-electron chi connectivity index (χ3n) is 3.02.